The van der Waals surface area contributed by atoms with Gasteiger partial charge in [0.15, 0.2) is 5.82 Å². The van der Waals surface area contributed by atoms with Gasteiger partial charge in [0.05, 0.1) is 11.3 Å². The van der Waals surface area contributed by atoms with E-state index in [1.807, 2.05) is 0 Å². The molecule has 2 fully saturated rings. The van der Waals surface area contributed by atoms with Crippen LogP contribution in [0.2, 0.25) is 0 Å². The summed E-state index contributed by atoms with van der Waals surface area (Å²) < 4.78 is 57.8. The van der Waals surface area contributed by atoms with Gasteiger partial charge in [-0.3, -0.25) is 4.98 Å². The van der Waals surface area contributed by atoms with E-state index in [1.165, 1.54) is 6.20 Å². The van der Waals surface area contributed by atoms with Crippen LogP contribution in [-0.4, -0.2) is 46.9 Å². The van der Waals surface area contributed by atoms with Gasteiger partial charge in [0, 0.05) is 19.3 Å². The second kappa shape index (κ2) is 5.26. The van der Waals surface area contributed by atoms with E-state index in [0.29, 0.717) is 5.69 Å². The molecule has 0 amide bonds. The van der Waals surface area contributed by atoms with Gasteiger partial charge in [0.25, 0.3) is 22.0 Å². The molecule has 0 unspecified atom stereocenters. The average Bonchev–Trinajstić information content (AvgIpc) is 2.91. The monoisotopic (exact) mass is 371 g/mol. The molecule has 8 nitrogen and oxygen atoms in total. The number of nitrogens with zero attached hydrogens (tertiary/aromatic N) is 4. The van der Waals surface area contributed by atoms with Gasteiger partial charge in [-0.2, -0.15) is 17.7 Å². The summed E-state index contributed by atoms with van der Waals surface area (Å²) in [5.41, 5.74) is -0.942. The molecule has 2 aromatic heterocycles. The minimum Gasteiger partial charge on any atom is -0.332 e. The zero-order chi connectivity index (χ0) is 17.9. The van der Waals surface area contributed by atoms with Crippen LogP contribution in [0.15, 0.2) is 28.9 Å². The van der Waals surface area contributed by atoms with Crippen LogP contribution in [0.5, 0.6) is 0 Å². The van der Waals surface area contributed by atoms with Gasteiger partial charge >= 0.3 is 0 Å². The number of halogens is 2. The molecule has 11 heteroatoms. The van der Waals surface area contributed by atoms with Crippen molar-refractivity contribution < 1.29 is 21.7 Å². The number of nitrogens with two attached hydrogens (primary N) is 1. The fourth-order valence-electron chi connectivity index (χ4n) is 3.63. The van der Waals surface area contributed by atoms with Crippen molar-refractivity contribution in [2.75, 3.05) is 13.1 Å². The third kappa shape index (κ3) is 2.45. The molecule has 4 rings (SSSR count). The van der Waals surface area contributed by atoms with Crippen LogP contribution in [0, 0.1) is 5.41 Å². The molecule has 2 N–H and O–H groups in total. The summed E-state index contributed by atoms with van der Waals surface area (Å²) in [7, 11) is -3.87. The Kier molecular flexibility index (Phi) is 3.47. The largest absolute Gasteiger partial charge is 0.332 e. The second-order valence-corrected chi connectivity index (χ2v) is 7.88. The lowest BCUT2D eigenvalue weighted by atomic mass is 9.91. The second-order valence-electron chi connectivity index (χ2n) is 6.33. The number of rotatable bonds is 3. The first-order valence-corrected chi connectivity index (χ1v) is 9.17. The van der Waals surface area contributed by atoms with E-state index in [9.17, 15) is 17.2 Å². The standard InChI is InChI=1S/C14H15F2N5O3S/c15-14(16)10(13(14)4-7-21(8-5-13)25(17,22)23)11-19-12(24-20-11)9-3-1-2-6-18-9/h1-3,6,10H,4-5,7-8H2,(H2,17,22,23)/t10-/m0/s1. The Morgan fingerprint density at radius 3 is 2.60 bits per heavy atom. The molecule has 1 spiro atoms. The predicted molar refractivity (Wildman–Crippen MR) is 81.6 cm³/mol. The number of pyridine rings is 1. The van der Waals surface area contributed by atoms with Gasteiger partial charge < -0.3 is 4.52 Å². The molecule has 1 aliphatic carbocycles. The molecular formula is C14H15F2N5O3S. The van der Waals surface area contributed by atoms with Crippen molar-refractivity contribution in [2.24, 2.45) is 10.6 Å². The highest BCUT2D eigenvalue weighted by Crippen LogP contribution is 2.75. The van der Waals surface area contributed by atoms with Gasteiger partial charge in [0.2, 0.25) is 0 Å². The van der Waals surface area contributed by atoms with Crippen molar-refractivity contribution in [3.63, 3.8) is 0 Å². The number of hydrogen-bond acceptors (Lipinski definition) is 6. The highest BCUT2D eigenvalue weighted by atomic mass is 32.2. The SMILES string of the molecule is NS(=O)(=O)N1CCC2(CC1)[C@H](c1noc(-c3ccccn3)n1)C2(F)F. The van der Waals surface area contributed by atoms with Crippen LogP contribution in [0.25, 0.3) is 11.6 Å². The van der Waals surface area contributed by atoms with Gasteiger partial charge in [-0.25, -0.2) is 13.9 Å². The van der Waals surface area contributed by atoms with Crippen LogP contribution in [0.1, 0.15) is 24.6 Å². The molecule has 1 atom stereocenters. The molecule has 2 aliphatic rings. The molecule has 0 bridgehead atoms. The molecule has 2 aromatic rings. The molecule has 25 heavy (non-hydrogen) atoms. The van der Waals surface area contributed by atoms with E-state index in [-0.39, 0.29) is 37.6 Å². The van der Waals surface area contributed by atoms with E-state index in [1.54, 1.807) is 18.2 Å². The van der Waals surface area contributed by atoms with E-state index >= 15 is 0 Å². The van der Waals surface area contributed by atoms with Gasteiger partial charge in [-0.05, 0) is 25.0 Å². The zero-order valence-corrected chi connectivity index (χ0v) is 13.8. The first-order chi connectivity index (χ1) is 11.8. The van der Waals surface area contributed by atoms with Crippen LogP contribution in [-0.2, 0) is 10.2 Å². The third-order valence-electron chi connectivity index (χ3n) is 5.05. The molecule has 0 radical (unpaired) electrons. The van der Waals surface area contributed by atoms with E-state index in [2.05, 4.69) is 15.1 Å². The Balaban J connectivity index is 1.57. The Bertz CT molecular complexity index is 894. The van der Waals surface area contributed by atoms with Gasteiger partial charge in [-0.1, -0.05) is 11.2 Å². The maximum Gasteiger partial charge on any atom is 0.276 e. The average molecular weight is 371 g/mol. The number of aromatic nitrogens is 3. The summed E-state index contributed by atoms with van der Waals surface area (Å²) in [6.07, 6.45) is 1.53. The van der Waals surface area contributed by atoms with E-state index < -0.39 is 27.5 Å². The van der Waals surface area contributed by atoms with Crippen LogP contribution in [0.4, 0.5) is 8.78 Å². The molecule has 1 saturated carbocycles. The quantitative estimate of drug-likeness (QED) is 0.865. The normalized spacial score (nSPS) is 25.2. The lowest BCUT2D eigenvalue weighted by Gasteiger charge is -2.30. The fourth-order valence-corrected chi connectivity index (χ4v) is 4.32. The summed E-state index contributed by atoms with van der Waals surface area (Å²) in [6.45, 7) is -0.0915. The summed E-state index contributed by atoms with van der Waals surface area (Å²) in [6, 6.07) is 5.08. The minimum atomic E-state index is -3.87. The maximum absolute atomic E-state index is 14.5. The molecule has 1 aliphatic heterocycles. The lowest BCUT2D eigenvalue weighted by molar-refractivity contribution is 0.0411. The highest BCUT2D eigenvalue weighted by Gasteiger charge is 2.82. The van der Waals surface area contributed by atoms with Crippen LogP contribution >= 0.6 is 0 Å². The van der Waals surface area contributed by atoms with Crippen LogP contribution in [0.3, 0.4) is 0 Å². The van der Waals surface area contributed by atoms with Crippen molar-refractivity contribution in [1.29, 1.82) is 0 Å². The molecular weight excluding hydrogens is 356 g/mol. The Labute approximate surface area is 142 Å². The summed E-state index contributed by atoms with van der Waals surface area (Å²) in [5, 5.41) is 8.77. The number of piperidine rings is 1. The van der Waals surface area contributed by atoms with Crippen molar-refractivity contribution in [2.45, 2.75) is 24.7 Å². The van der Waals surface area contributed by atoms with E-state index in [0.717, 1.165) is 4.31 Å². The summed E-state index contributed by atoms with van der Waals surface area (Å²) in [5.74, 6) is -4.20. The van der Waals surface area contributed by atoms with Crippen LogP contribution < -0.4 is 5.14 Å². The first kappa shape index (κ1) is 16.5. The summed E-state index contributed by atoms with van der Waals surface area (Å²) in [4.78, 5) is 8.13. The molecule has 134 valence electrons. The lowest BCUT2D eigenvalue weighted by Crippen LogP contribution is -2.43. The van der Waals surface area contributed by atoms with Crippen molar-refractivity contribution in [3.8, 4) is 11.6 Å². The zero-order valence-electron chi connectivity index (χ0n) is 13.0. The molecule has 1 saturated heterocycles. The van der Waals surface area contributed by atoms with Crippen molar-refractivity contribution in [1.82, 2.24) is 19.4 Å². The Morgan fingerprint density at radius 2 is 2.00 bits per heavy atom. The smallest absolute Gasteiger partial charge is 0.276 e. The minimum absolute atomic E-state index is 0.00540. The maximum atomic E-state index is 14.5. The van der Waals surface area contributed by atoms with E-state index in [4.69, 9.17) is 9.66 Å². The molecule has 3 heterocycles. The fraction of sp³-hybridized carbons (Fsp3) is 0.500. The topological polar surface area (TPSA) is 115 Å². The summed E-state index contributed by atoms with van der Waals surface area (Å²) >= 11 is 0. The molecule has 0 aromatic carbocycles. The third-order valence-corrected chi connectivity index (χ3v) is 6.14. The predicted octanol–water partition coefficient (Wildman–Crippen LogP) is 1.15. The highest BCUT2D eigenvalue weighted by molar-refractivity contribution is 7.86. The Hall–Kier alpha value is -1.98. The van der Waals surface area contributed by atoms with Gasteiger partial charge in [0.1, 0.15) is 5.69 Å². The van der Waals surface area contributed by atoms with Gasteiger partial charge in [-0.15, -0.1) is 0 Å². The number of alkyl halides is 2. The number of hydrogen-bond donors (Lipinski definition) is 1. The van der Waals surface area contributed by atoms with Crippen molar-refractivity contribution in [3.05, 3.63) is 30.2 Å². The van der Waals surface area contributed by atoms with Crippen molar-refractivity contribution >= 4 is 10.2 Å². The Morgan fingerprint density at radius 1 is 1.28 bits per heavy atom. The first-order valence-electron chi connectivity index (χ1n) is 7.66.